The SMILES string of the molecule is CCCCCCCCCCCCCCCCCC(=O)OCCCCCCCCCCCCC[C]=O. The number of hydrogen-bond acceptors (Lipinski definition) is 3. The Morgan fingerprint density at radius 3 is 1.23 bits per heavy atom. The van der Waals surface area contributed by atoms with E-state index < -0.39 is 0 Å². The number of unbranched alkanes of at least 4 members (excludes halogenated alkanes) is 25. The average molecular weight is 494 g/mol. The highest BCUT2D eigenvalue weighted by atomic mass is 16.5. The van der Waals surface area contributed by atoms with Gasteiger partial charge < -0.3 is 4.74 Å². The molecule has 0 saturated carbocycles. The van der Waals surface area contributed by atoms with Crippen molar-refractivity contribution in [3.63, 3.8) is 0 Å². The van der Waals surface area contributed by atoms with Gasteiger partial charge in [-0.2, -0.15) is 0 Å². The van der Waals surface area contributed by atoms with E-state index in [1.807, 2.05) is 6.29 Å². The summed E-state index contributed by atoms with van der Waals surface area (Å²) in [6, 6.07) is 0. The van der Waals surface area contributed by atoms with Gasteiger partial charge in [-0.3, -0.25) is 9.59 Å². The van der Waals surface area contributed by atoms with Crippen LogP contribution in [0.2, 0.25) is 0 Å². The lowest BCUT2D eigenvalue weighted by atomic mass is 10.0. The predicted molar refractivity (Wildman–Crippen MR) is 152 cm³/mol. The fraction of sp³-hybridized carbons (Fsp3) is 0.938. The van der Waals surface area contributed by atoms with Gasteiger partial charge in [0, 0.05) is 12.8 Å². The van der Waals surface area contributed by atoms with Crippen LogP contribution in [-0.4, -0.2) is 18.9 Å². The highest BCUT2D eigenvalue weighted by Crippen LogP contribution is 2.14. The minimum absolute atomic E-state index is 0.00530. The zero-order chi connectivity index (χ0) is 25.5. The molecule has 1 radical (unpaired) electrons. The van der Waals surface area contributed by atoms with E-state index in [-0.39, 0.29) is 5.97 Å². The van der Waals surface area contributed by atoms with Crippen molar-refractivity contribution in [2.75, 3.05) is 6.61 Å². The zero-order valence-electron chi connectivity index (χ0n) is 23.7. The summed E-state index contributed by atoms with van der Waals surface area (Å²) in [5, 5.41) is 0. The summed E-state index contributed by atoms with van der Waals surface area (Å²) in [7, 11) is 0. The second-order valence-corrected chi connectivity index (χ2v) is 10.7. The average Bonchev–Trinajstić information content (AvgIpc) is 2.86. The topological polar surface area (TPSA) is 43.4 Å². The van der Waals surface area contributed by atoms with Gasteiger partial charge in [0.25, 0.3) is 0 Å². The maximum Gasteiger partial charge on any atom is 0.305 e. The largest absolute Gasteiger partial charge is 0.466 e. The molecule has 0 aliphatic carbocycles. The number of esters is 1. The normalized spacial score (nSPS) is 11.1. The first-order chi connectivity index (χ1) is 17.3. The summed E-state index contributed by atoms with van der Waals surface area (Å²) in [6.45, 7) is 2.89. The molecule has 0 bridgehead atoms. The second-order valence-electron chi connectivity index (χ2n) is 10.7. The van der Waals surface area contributed by atoms with E-state index in [2.05, 4.69) is 6.92 Å². The van der Waals surface area contributed by atoms with Crippen molar-refractivity contribution in [2.24, 2.45) is 0 Å². The molecule has 0 atom stereocenters. The van der Waals surface area contributed by atoms with E-state index in [0.717, 1.165) is 19.3 Å². The van der Waals surface area contributed by atoms with Crippen molar-refractivity contribution in [3.8, 4) is 0 Å². The molecule has 35 heavy (non-hydrogen) atoms. The maximum atomic E-state index is 11.9. The van der Waals surface area contributed by atoms with Gasteiger partial charge >= 0.3 is 5.97 Å². The molecule has 0 amide bonds. The summed E-state index contributed by atoms with van der Waals surface area (Å²) in [4.78, 5) is 22.0. The van der Waals surface area contributed by atoms with Gasteiger partial charge in [0.15, 0.2) is 6.29 Å². The summed E-state index contributed by atoms with van der Waals surface area (Å²) in [5.41, 5.74) is 0. The molecule has 0 saturated heterocycles. The molecule has 0 N–H and O–H groups in total. The molecule has 0 spiro atoms. The van der Waals surface area contributed by atoms with Gasteiger partial charge in [-0.1, -0.05) is 155 Å². The number of carbonyl (C=O) groups is 1. The highest BCUT2D eigenvalue weighted by Gasteiger charge is 2.02. The molecule has 207 valence electrons. The number of hydrogen-bond donors (Lipinski definition) is 0. The van der Waals surface area contributed by atoms with Gasteiger partial charge in [0.2, 0.25) is 0 Å². The van der Waals surface area contributed by atoms with E-state index >= 15 is 0 Å². The monoisotopic (exact) mass is 493 g/mol. The Morgan fingerprint density at radius 1 is 0.486 bits per heavy atom. The molecule has 0 aromatic rings. The first-order valence-electron chi connectivity index (χ1n) is 15.8. The number of ether oxygens (including phenoxy) is 1. The van der Waals surface area contributed by atoms with Crippen LogP contribution >= 0.6 is 0 Å². The first kappa shape index (κ1) is 34.1. The van der Waals surface area contributed by atoms with Crippen LogP contribution < -0.4 is 0 Å². The molecule has 0 rings (SSSR count). The molecule has 0 aromatic carbocycles. The van der Waals surface area contributed by atoms with Crippen LogP contribution in [-0.2, 0) is 14.3 Å². The van der Waals surface area contributed by atoms with E-state index in [4.69, 9.17) is 4.74 Å². The molecule has 3 nitrogen and oxygen atoms in total. The van der Waals surface area contributed by atoms with Crippen molar-refractivity contribution in [2.45, 2.75) is 187 Å². The van der Waals surface area contributed by atoms with Gasteiger partial charge in [-0.25, -0.2) is 0 Å². The maximum absolute atomic E-state index is 11.9. The van der Waals surface area contributed by atoms with Crippen molar-refractivity contribution in [1.29, 1.82) is 0 Å². The smallest absolute Gasteiger partial charge is 0.305 e. The third kappa shape index (κ3) is 31.1. The lowest BCUT2D eigenvalue weighted by Crippen LogP contribution is -2.05. The lowest BCUT2D eigenvalue weighted by molar-refractivity contribution is -0.143. The quantitative estimate of drug-likeness (QED) is 0.0738. The second kappa shape index (κ2) is 31.2. The molecular formula is C32H61O3. The summed E-state index contributed by atoms with van der Waals surface area (Å²) in [5.74, 6) is 0.00530. The van der Waals surface area contributed by atoms with Crippen molar-refractivity contribution in [3.05, 3.63) is 0 Å². The van der Waals surface area contributed by atoms with Crippen molar-refractivity contribution in [1.82, 2.24) is 0 Å². The number of rotatable bonds is 30. The minimum atomic E-state index is 0.00530. The van der Waals surface area contributed by atoms with E-state index in [9.17, 15) is 9.59 Å². The van der Waals surface area contributed by atoms with Crippen LogP contribution in [0.4, 0.5) is 0 Å². The zero-order valence-corrected chi connectivity index (χ0v) is 23.7. The van der Waals surface area contributed by atoms with E-state index in [1.165, 1.54) is 148 Å². The Bertz CT molecular complexity index is 421. The molecule has 0 aliphatic heterocycles. The van der Waals surface area contributed by atoms with E-state index in [1.54, 1.807) is 0 Å². The summed E-state index contributed by atoms with van der Waals surface area (Å²) in [6.07, 6.45) is 36.9. The van der Waals surface area contributed by atoms with E-state index in [0.29, 0.717) is 19.4 Å². The Balaban J connectivity index is 3.14. The highest BCUT2D eigenvalue weighted by molar-refractivity contribution is 5.69. The Labute approximate surface area is 219 Å². The third-order valence-corrected chi connectivity index (χ3v) is 7.17. The fourth-order valence-corrected chi connectivity index (χ4v) is 4.79. The predicted octanol–water partition coefficient (Wildman–Crippen LogP) is 10.6. The molecule has 0 heterocycles. The standard InChI is InChI=1S/C32H61O3/c1-2-3-4-5-6-7-8-9-10-11-14-17-20-23-26-29-32(34)35-31-28-25-22-19-16-13-12-15-18-21-24-27-30-33/h2-29,31H2,1H3. The van der Waals surface area contributed by atoms with Crippen LogP contribution in [0.5, 0.6) is 0 Å². The van der Waals surface area contributed by atoms with Crippen LogP contribution in [0, 0.1) is 0 Å². The summed E-state index contributed by atoms with van der Waals surface area (Å²) < 4.78 is 5.40. The van der Waals surface area contributed by atoms with Gasteiger partial charge in [0.05, 0.1) is 6.61 Å². The Kier molecular flexibility index (Phi) is 30.4. The molecule has 0 aromatic heterocycles. The van der Waals surface area contributed by atoms with Crippen molar-refractivity contribution < 1.29 is 14.3 Å². The lowest BCUT2D eigenvalue weighted by Gasteiger charge is -2.06. The Hall–Kier alpha value is -0.860. The molecule has 0 aliphatic rings. The minimum Gasteiger partial charge on any atom is -0.466 e. The Morgan fingerprint density at radius 2 is 0.829 bits per heavy atom. The fourth-order valence-electron chi connectivity index (χ4n) is 4.79. The van der Waals surface area contributed by atoms with Crippen LogP contribution in [0.25, 0.3) is 0 Å². The van der Waals surface area contributed by atoms with Crippen LogP contribution in [0.15, 0.2) is 0 Å². The van der Waals surface area contributed by atoms with Crippen molar-refractivity contribution >= 4 is 12.3 Å². The van der Waals surface area contributed by atoms with Gasteiger partial charge in [0.1, 0.15) is 0 Å². The van der Waals surface area contributed by atoms with Gasteiger partial charge in [-0.15, -0.1) is 0 Å². The molecule has 3 heteroatoms. The van der Waals surface area contributed by atoms with Gasteiger partial charge in [-0.05, 0) is 19.3 Å². The summed E-state index contributed by atoms with van der Waals surface area (Å²) >= 11 is 0. The first-order valence-corrected chi connectivity index (χ1v) is 15.8. The van der Waals surface area contributed by atoms with Crippen LogP contribution in [0.3, 0.4) is 0 Å². The van der Waals surface area contributed by atoms with Crippen LogP contribution in [0.1, 0.15) is 187 Å². The number of carbonyl (C=O) groups excluding carboxylic acids is 2. The molecule has 0 fully saturated rings. The third-order valence-electron chi connectivity index (χ3n) is 7.17. The molecule has 0 unspecified atom stereocenters. The molecular weight excluding hydrogens is 432 g/mol.